The summed E-state index contributed by atoms with van der Waals surface area (Å²) in [4.78, 5) is 10.6. The maximum absolute atomic E-state index is 6.04. The zero-order valence-corrected chi connectivity index (χ0v) is 13.6. The van der Waals surface area contributed by atoms with Crippen LogP contribution >= 0.6 is 0 Å². The van der Waals surface area contributed by atoms with Crippen LogP contribution in [0.2, 0.25) is 0 Å². The molecular weight excluding hydrogens is 306 g/mol. The van der Waals surface area contributed by atoms with Gasteiger partial charge in [0.15, 0.2) is 0 Å². The molecule has 2 heterocycles. The number of hydrogen-bond acceptors (Lipinski definition) is 7. The van der Waals surface area contributed by atoms with E-state index in [1.165, 1.54) is 0 Å². The third-order valence-corrected chi connectivity index (χ3v) is 3.94. The molecule has 0 spiro atoms. The summed E-state index contributed by atoms with van der Waals surface area (Å²) in [6.45, 7) is 5.08. The Morgan fingerprint density at radius 2 is 1.83 bits per heavy atom. The third-order valence-electron chi connectivity index (χ3n) is 3.94. The Hall–Kier alpha value is -2.38. The number of morpholine rings is 1. The molecule has 4 N–H and O–H groups in total. The lowest BCUT2D eigenvalue weighted by Gasteiger charge is -2.26. The normalized spacial score (nSPS) is 15.3. The topological polar surface area (TPSA) is 99.5 Å². The number of aromatic nitrogens is 2. The molecule has 7 nitrogen and oxygen atoms in total. The van der Waals surface area contributed by atoms with E-state index in [0.29, 0.717) is 23.9 Å². The van der Waals surface area contributed by atoms with Crippen molar-refractivity contribution in [2.24, 2.45) is 0 Å². The maximum atomic E-state index is 6.04. The highest BCUT2D eigenvalue weighted by atomic mass is 16.5. The van der Waals surface area contributed by atoms with Crippen LogP contribution in [0.3, 0.4) is 0 Å². The van der Waals surface area contributed by atoms with Gasteiger partial charge in [0.25, 0.3) is 0 Å². The molecule has 7 heteroatoms. The molecule has 1 aromatic heterocycles. The van der Waals surface area contributed by atoms with E-state index < -0.39 is 0 Å². The van der Waals surface area contributed by atoms with E-state index in [1.807, 2.05) is 30.3 Å². The zero-order chi connectivity index (χ0) is 16.8. The first kappa shape index (κ1) is 16.5. The van der Waals surface area contributed by atoms with E-state index in [2.05, 4.69) is 14.9 Å². The van der Waals surface area contributed by atoms with Crippen LogP contribution in [0.25, 0.3) is 11.1 Å². The second-order valence-electron chi connectivity index (χ2n) is 5.67. The fourth-order valence-electron chi connectivity index (χ4n) is 2.74. The first-order valence-electron chi connectivity index (χ1n) is 8.15. The van der Waals surface area contributed by atoms with E-state index in [0.717, 1.165) is 44.8 Å². The molecule has 24 heavy (non-hydrogen) atoms. The van der Waals surface area contributed by atoms with Gasteiger partial charge >= 0.3 is 0 Å². The van der Waals surface area contributed by atoms with Crippen LogP contribution in [0.4, 0.5) is 11.8 Å². The molecule has 1 saturated heterocycles. The zero-order valence-electron chi connectivity index (χ0n) is 13.6. The van der Waals surface area contributed by atoms with Gasteiger partial charge in [-0.1, -0.05) is 30.3 Å². The minimum absolute atomic E-state index is 0.121. The Bertz CT molecular complexity index is 660. The number of hydrogen-bond donors (Lipinski definition) is 2. The number of nitrogens with zero attached hydrogens (tertiary/aromatic N) is 3. The van der Waals surface area contributed by atoms with Gasteiger partial charge in [-0.25, -0.2) is 0 Å². The van der Waals surface area contributed by atoms with Gasteiger partial charge in [-0.05, 0) is 12.0 Å². The monoisotopic (exact) mass is 329 g/mol. The van der Waals surface area contributed by atoms with E-state index in [9.17, 15) is 0 Å². The highest BCUT2D eigenvalue weighted by Crippen LogP contribution is 2.33. The molecule has 0 bridgehead atoms. The second-order valence-corrected chi connectivity index (χ2v) is 5.67. The first-order chi connectivity index (χ1) is 11.7. The summed E-state index contributed by atoms with van der Waals surface area (Å²) >= 11 is 0. The minimum Gasteiger partial charge on any atom is -0.477 e. The van der Waals surface area contributed by atoms with Gasteiger partial charge in [-0.2, -0.15) is 9.97 Å². The number of nitrogen functional groups attached to an aromatic ring is 2. The van der Waals surface area contributed by atoms with Gasteiger partial charge in [-0.15, -0.1) is 0 Å². The molecule has 0 unspecified atom stereocenters. The van der Waals surface area contributed by atoms with Crippen LogP contribution in [-0.4, -0.2) is 54.3 Å². The summed E-state index contributed by atoms with van der Waals surface area (Å²) in [5, 5.41) is 0. The molecule has 3 rings (SSSR count). The van der Waals surface area contributed by atoms with E-state index in [1.54, 1.807) is 0 Å². The molecule has 0 amide bonds. The largest absolute Gasteiger partial charge is 0.477 e. The Labute approximate surface area is 141 Å². The molecule has 1 aliphatic rings. The van der Waals surface area contributed by atoms with Crippen LogP contribution in [0.15, 0.2) is 30.3 Å². The van der Waals surface area contributed by atoms with Crippen LogP contribution in [0.5, 0.6) is 5.88 Å². The average molecular weight is 329 g/mol. The molecule has 0 aliphatic carbocycles. The Kier molecular flexibility index (Phi) is 5.45. The van der Waals surface area contributed by atoms with Crippen LogP contribution in [-0.2, 0) is 4.74 Å². The van der Waals surface area contributed by atoms with Crippen molar-refractivity contribution in [3.05, 3.63) is 30.3 Å². The van der Waals surface area contributed by atoms with E-state index in [4.69, 9.17) is 20.9 Å². The minimum atomic E-state index is 0.121. The molecule has 128 valence electrons. The summed E-state index contributed by atoms with van der Waals surface area (Å²) in [6, 6.07) is 9.72. The van der Waals surface area contributed by atoms with Crippen LogP contribution in [0, 0.1) is 0 Å². The highest BCUT2D eigenvalue weighted by molar-refractivity contribution is 5.78. The van der Waals surface area contributed by atoms with Crippen molar-refractivity contribution in [3.63, 3.8) is 0 Å². The predicted molar refractivity (Wildman–Crippen MR) is 93.7 cm³/mol. The average Bonchev–Trinajstić information content (AvgIpc) is 2.60. The molecule has 2 aromatic rings. The Balaban J connectivity index is 1.66. The summed E-state index contributed by atoms with van der Waals surface area (Å²) in [7, 11) is 0. The number of rotatable bonds is 6. The second kappa shape index (κ2) is 7.94. The predicted octanol–water partition coefficient (Wildman–Crippen LogP) is 1.41. The highest BCUT2D eigenvalue weighted by Gasteiger charge is 2.15. The van der Waals surface area contributed by atoms with Crippen molar-refractivity contribution in [1.29, 1.82) is 0 Å². The smallest absolute Gasteiger partial charge is 0.228 e. The van der Waals surface area contributed by atoms with Crippen LogP contribution < -0.4 is 16.2 Å². The van der Waals surface area contributed by atoms with Crippen molar-refractivity contribution in [1.82, 2.24) is 14.9 Å². The van der Waals surface area contributed by atoms with Crippen LogP contribution in [0.1, 0.15) is 6.42 Å². The summed E-state index contributed by atoms with van der Waals surface area (Å²) < 4.78 is 11.2. The fourth-order valence-corrected chi connectivity index (χ4v) is 2.74. The molecule has 1 aliphatic heterocycles. The van der Waals surface area contributed by atoms with Gasteiger partial charge in [0.1, 0.15) is 5.82 Å². The number of nitrogens with two attached hydrogens (primary N) is 2. The molecule has 1 aromatic carbocycles. The number of anilines is 2. The molecule has 0 atom stereocenters. The standard InChI is InChI=1S/C17H23N5O2/c18-15-14(13-5-2-1-3-6-13)16(21-17(19)20-15)24-10-4-7-22-8-11-23-12-9-22/h1-3,5-6H,4,7-12H2,(H4,18,19,20,21). The van der Waals surface area contributed by atoms with E-state index >= 15 is 0 Å². The lowest BCUT2D eigenvalue weighted by atomic mass is 10.1. The van der Waals surface area contributed by atoms with Gasteiger partial charge in [0, 0.05) is 19.6 Å². The lowest BCUT2D eigenvalue weighted by molar-refractivity contribution is 0.0357. The molecular formula is C17H23N5O2. The van der Waals surface area contributed by atoms with Crippen molar-refractivity contribution in [2.45, 2.75) is 6.42 Å². The maximum Gasteiger partial charge on any atom is 0.228 e. The van der Waals surface area contributed by atoms with E-state index in [-0.39, 0.29) is 5.95 Å². The number of ether oxygens (including phenoxy) is 2. The first-order valence-corrected chi connectivity index (χ1v) is 8.15. The molecule has 1 fully saturated rings. The Morgan fingerprint density at radius 3 is 2.58 bits per heavy atom. The Morgan fingerprint density at radius 1 is 1.08 bits per heavy atom. The van der Waals surface area contributed by atoms with Crippen molar-refractivity contribution >= 4 is 11.8 Å². The SMILES string of the molecule is Nc1nc(N)c(-c2ccccc2)c(OCCCN2CCOCC2)n1. The van der Waals surface area contributed by atoms with Gasteiger partial charge < -0.3 is 20.9 Å². The summed E-state index contributed by atoms with van der Waals surface area (Å²) in [5.41, 5.74) is 13.4. The quantitative estimate of drug-likeness (QED) is 0.773. The summed E-state index contributed by atoms with van der Waals surface area (Å²) in [6.07, 6.45) is 0.901. The van der Waals surface area contributed by atoms with Crippen molar-refractivity contribution in [2.75, 3.05) is 50.9 Å². The lowest BCUT2D eigenvalue weighted by Crippen LogP contribution is -2.37. The van der Waals surface area contributed by atoms with Gasteiger partial charge in [0.05, 0.1) is 25.4 Å². The number of benzene rings is 1. The fraction of sp³-hybridized carbons (Fsp3) is 0.412. The van der Waals surface area contributed by atoms with Gasteiger partial charge in [0.2, 0.25) is 11.8 Å². The van der Waals surface area contributed by atoms with Crippen molar-refractivity contribution in [3.8, 4) is 17.0 Å². The van der Waals surface area contributed by atoms with Gasteiger partial charge in [-0.3, -0.25) is 4.90 Å². The third kappa shape index (κ3) is 4.12. The molecule has 0 saturated carbocycles. The van der Waals surface area contributed by atoms with Crippen molar-refractivity contribution < 1.29 is 9.47 Å². The summed E-state index contributed by atoms with van der Waals surface area (Å²) in [5.74, 6) is 0.889. The molecule has 0 radical (unpaired) electrons.